The number of benzene rings is 1. The van der Waals surface area contributed by atoms with Crippen LogP contribution < -0.4 is 0 Å². The van der Waals surface area contributed by atoms with E-state index < -0.39 is 5.97 Å². The Hall–Kier alpha value is -2.21. The SMILES string of the molecule is CCOC(=O)c1csc(CN(C(=O)CCc2ccccc2)C2CC2)n1. The molecule has 0 unspecified atom stereocenters. The molecule has 0 aliphatic heterocycles. The van der Waals surface area contributed by atoms with Crippen molar-refractivity contribution in [2.45, 2.75) is 45.2 Å². The highest BCUT2D eigenvalue weighted by atomic mass is 32.1. The third-order valence-corrected chi connectivity index (χ3v) is 4.95. The second-order valence-electron chi connectivity index (χ2n) is 6.09. The van der Waals surface area contributed by atoms with Crippen molar-refractivity contribution in [3.05, 3.63) is 52.0 Å². The molecule has 0 saturated heterocycles. The molecule has 2 aromatic rings. The zero-order valence-corrected chi connectivity index (χ0v) is 15.1. The molecule has 1 aliphatic rings. The molecule has 0 N–H and O–H groups in total. The first-order valence-corrected chi connectivity index (χ1v) is 9.50. The van der Waals surface area contributed by atoms with Gasteiger partial charge in [-0.25, -0.2) is 9.78 Å². The quantitative estimate of drug-likeness (QED) is 0.678. The Morgan fingerprint density at radius 1 is 1.28 bits per heavy atom. The number of esters is 1. The lowest BCUT2D eigenvalue weighted by Gasteiger charge is -2.21. The van der Waals surface area contributed by atoms with Crippen LogP contribution in [0.1, 0.15) is 47.2 Å². The molecule has 1 aromatic heterocycles. The molecule has 0 bridgehead atoms. The van der Waals surface area contributed by atoms with E-state index in [0.717, 1.165) is 24.3 Å². The molecule has 1 amide bonds. The van der Waals surface area contributed by atoms with Crippen molar-refractivity contribution in [3.63, 3.8) is 0 Å². The Balaban J connectivity index is 1.59. The number of rotatable bonds is 8. The van der Waals surface area contributed by atoms with Crippen molar-refractivity contribution < 1.29 is 14.3 Å². The second kappa shape index (κ2) is 8.25. The van der Waals surface area contributed by atoms with Crippen molar-refractivity contribution in [3.8, 4) is 0 Å². The van der Waals surface area contributed by atoms with Crippen molar-refractivity contribution in [2.75, 3.05) is 6.61 Å². The number of carbonyl (C=O) groups is 2. The molecule has 1 heterocycles. The molecule has 1 aromatic carbocycles. The minimum absolute atomic E-state index is 0.152. The molecule has 132 valence electrons. The van der Waals surface area contributed by atoms with Crippen LogP contribution in [-0.2, 0) is 22.5 Å². The highest BCUT2D eigenvalue weighted by Crippen LogP contribution is 2.30. The zero-order chi connectivity index (χ0) is 17.6. The van der Waals surface area contributed by atoms with Gasteiger partial charge in [-0.3, -0.25) is 4.79 Å². The Morgan fingerprint density at radius 2 is 2.04 bits per heavy atom. The summed E-state index contributed by atoms with van der Waals surface area (Å²) in [5.41, 5.74) is 1.50. The van der Waals surface area contributed by atoms with Gasteiger partial charge in [0.15, 0.2) is 5.69 Å². The van der Waals surface area contributed by atoms with E-state index in [2.05, 4.69) is 4.98 Å². The summed E-state index contributed by atoms with van der Waals surface area (Å²) in [6.07, 6.45) is 3.34. The molecular weight excluding hydrogens is 336 g/mol. The Labute approximate surface area is 151 Å². The highest BCUT2D eigenvalue weighted by Gasteiger charge is 2.33. The van der Waals surface area contributed by atoms with Crippen molar-refractivity contribution in [1.29, 1.82) is 0 Å². The van der Waals surface area contributed by atoms with Gasteiger partial charge in [-0.1, -0.05) is 30.3 Å². The van der Waals surface area contributed by atoms with Gasteiger partial charge < -0.3 is 9.64 Å². The number of hydrogen-bond donors (Lipinski definition) is 0. The molecule has 6 heteroatoms. The second-order valence-corrected chi connectivity index (χ2v) is 7.03. The lowest BCUT2D eigenvalue weighted by molar-refractivity contribution is -0.132. The van der Waals surface area contributed by atoms with Gasteiger partial charge in [0.2, 0.25) is 5.91 Å². The van der Waals surface area contributed by atoms with Crippen LogP contribution in [0.2, 0.25) is 0 Å². The molecule has 1 aliphatic carbocycles. The predicted octanol–water partition coefficient (Wildman–Crippen LogP) is 3.44. The molecule has 0 spiro atoms. The topological polar surface area (TPSA) is 59.5 Å². The first-order valence-electron chi connectivity index (χ1n) is 8.62. The fourth-order valence-corrected chi connectivity index (χ4v) is 3.44. The first-order chi connectivity index (χ1) is 12.2. The Kier molecular flexibility index (Phi) is 5.81. The van der Waals surface area contributed by atoms with E-state index in [-0.39, 0.29) is 5.91 Å². The van der Waals surface area contributed by atoms with E-state index in [4.69, 9.17) is 4.74 Å². The molecule has 1 saturated carbocycles. The summed E-state index contributed by atoms with van der Waals surface area (Å²) in [6.45, 7) is 2.58. The van der Waals surface area contributed by atoms with E-state index >= 15 is 0 Å². The van der Waals surface area contributed by atoms with Crippen molar-refractivity contribution in [1.82, 2.24) is 9.88 Å². The molecule has 5 nitrogen and oxygen atoms in total. The van der Waals surface area contributed by atoms with Crippen LogP contribution in [0.4, 0.5) is 0 Å². The van der Waals surface area contributed by atoms with Gasteiger partial charge in [-0.05, 0) is 31.7 Å². The minimum atomic E-state index is -0.404. The third-order valence-electron chi connectivity index (χ3n) is 4.12. The summed E-state index contributed by atoms with van der Waals surface area (Å²) in [5.74, 6) is -0.252. The van der Waals surface area contributed by atoms with Gasteiger partial charge in [-0.2, -0.15) is 0 Å². The van der Waals surface area contributed by atoms with Gasteiger partial charge in [0.1, 0.15) is 5.01 Å². The number of aromatic nitrogens is 1. The van der Waals surface area contributed by atoms with Gasteiger partial charge in [0.25, 0.3) is 0 Å². The fourth-order valence-electron chi connectivity index (χ4n) is 2.67. The average Bonchev–Trinajstić information content (AvgIpc) is 3.36. The number of hydrogen-bond acceptors (Lipinski definition) is 5. The number of aryl methyl sites for hydroxylation is 1. The highest BCUT2D eigenvalue weighted by molar-refractivity contribution is 7.09. The molecule has 0 atom stereocenters. The van der Waals surface area contributed by atoms with Gasteiger partial charge in [0.05, 0.1) is 13.2 Å². The summed E-state index contributed by atoms with van der Waals surface area (Å²) in [6, 6.07) is 10.4. The largest absolute Gasteiger partial charge is 0.461 e. The van der Waals surface area contributed by atoms with E-state index in [1.807, 2.05) is 35.2 Å². The minimum Gasteiger partial charge on any atom is -0.461 e. The number of amides is 1. The Morgan fingerprint density at radius 3 is 2.72 bits per heavy atom. The normalized spacial score (nSPS) is 13.5. The first kappa shape index (κ1) is 17.6. The van der Waals surface area contributed by atoms with Crippen LogP contribution in [0, 0.1) is 0 Å². The monoisotopic (exact) mass is 358 g/mol. The molecule has 3 rings (SSSR count). The zero-order valence-electron chi connectivity index (χ0n) is 14.3. The summed E-state index contributed by atoms with van der Waals surface area (Å²) in [4.78, 5) is 30.6. The maximum atomic E-state index is 12.7. The van der Waals surface area contributed by atoms with Crippen molar-refractivity contribution in [2.24, 2.45) is 0 Å². The smallest absolute Gasteiger partial charge is 0.357 e. The number of nitrogens with zero attached hydrogens (tertiary/aromatic N) is 2. The molecular formula is C19H22N2O3S. The molecule has 25 heavy (non-hydrogen) atoms. The third kappa shape index (κ3) is 4.89. The summed E-state index contributed by atoms with van der Waals surface area (Å²) >= 11 is 1.40. The van der Waals surface area contributed by atoms with Gasteiger partial charge >= 0.3 is 5.97 Å². The maximum absolute atomic E-state index is 12.7. The number of carbonyl (C=O) groups excluding carboxylic acids is 2. The van der Waals surface area contributed by atoms with Crippen molar-refractivity contribution >= 4 is 23.2 Å². The molecule has 0 radical (unpaired) electrons. The predicted molar refractivity (Wildman–Crippen MR) is 96.4 cm³/mol. The summed E-state index contributed by atoms with van der Waals surface area (Å²) in [5, 5.41) is 2.48. The van der Waals surface area contributed by atoms with Crippen LogP contribution in [0.15, 0.2) is 35.7 Å². The Bertz CT molecular complexity index is 725. The summed E-state index contributed by atoms with van der Waals surface area (Å²) in [7, 11) is 0. The van der Waals surface area contributed by atoms with Gasteiger partial charge in [-0.15, -0.1) is 11.3 Å². The standard InChI is InChI=1S/C19H22N2O3S/c1-2-24-19(23)16-13-25-17(20-16)12-21(15-9-10-15)18(22)11-8-14-6-4-3-5-7-14/h3-7,13,15H,2,8-12H2,1H3. The van der Waals surface area contributed by atoms with Crippen LogP contribution in [0.25, 0.3) is 0 Å². The lowest BCUT2D eigenvalue weighted by Crippen LogP contribution is -2.32. The number of ether oxygens (including phenoxy) is 1. The van der Waals surface area contributed by atoms with E-state index in [1.165, 1.54) is 16.9 Å². The van der Waals surface area contributed by atoms with E-state index in [1.54, 1.807) is 12.3 Å². The molecule has 1 fully saturated rings. The van der Waals surface area contributed by atoms with Crippen LogP contribution in [0.3, 0.4) is 0 Å². The van der Waals surface area contributed by atoms with E-state index in [0.29, 0.717) is 31.3 Å². The maximum Gasteiger partial charge on any atom is 0.357 e. The summed E-state index contributed by atoms with van der Waals surface area (Å²) < 4.78 is 4.97. The van der Waals surface area contributed by atoms with Crippen LogP contribution in [-0.4, -0.2) is 34.4 Å². The van der Waals surface area contributed by atoms with E-state index in [9.17, 15) is 9.59 Å². The van der Waals surface area contributed by atoms with Crippen LogP contribution in [0.5, 0.6) is 0 Å². The number of thiazole rings is 1. The van der Waals surface area contributed by atoms with Gasteiger partial charge in [0, 0.05) is 17.8 Å². The average molecular weight is 358 g/mol. The van der Waals surface area contributed by atoms with Crippen LogP contribution >= 0.6 is 11.3 Å². The fraction of sp³-hybridized carbons (Fsp3) is 0.421. The lowest BCUT2D eigenvalue weighted by atomic mass is 10.1.